The lowest BCUT2D eigenvalue weighted by Gasteiger charge is -2.08. The number of methoxy groups -OCH3 is 1. The number of halogens is 8. The second-order valence-electron chi connectivity index (χ2n) is 1.61. The maximum Gasteiger partial charge on any atom is 0.445 e. The Hall–Kier alpha value is -0.860. The highest BCUT2D eigenvalue weighted by Crippen LogP contribution is 2.22. The summed E-state index contributed by atoms with van der Waals surface area (Å²) in [6, 6.07) is 0. The van der Waals surface area contributed by atoms with Crippen molar-refractivity contribution < 1.29 is 39.9 Å². The first kappa shape index (κ1) is 15.6. The SMILES string of the molecule is COC(F)C(F)(F)F.FC(F)=C(F)F. The first-order valence-corrected chi connectivity index (χ1v) is 2.72. The first-order chi connectivity index (χ1) is 6.12. The van der Waals surface area contributed by atoms with Crippen molar-refractivity contribution in [2.75, 3.05) is 7.11 Å². The minimum Gasteiger partial charge on any atom is -0.345 e. The monoisotopic (exact) mass is 232 g/mol. The van der Waals surface area contributed by atoms with Crippen LogP contribution in [-0.4, -0.2) is 19.6 Å². The van der Waals surface area contributed by atoms with E-state index in [2.05, 4.69) is 4.74 Å². The van der Waals surface area contributed by atoms with Gasteiger partial charge in [-0.25, -0.2) is 4.39 Å². The predicted octanol–water partition coefficient (Wildman–Crippen LogP) is 3.48. The van der Waals surface area contributed by atoms with Gasteiger partial charge in [-0.15, -0.1) is 0 Å². The number of alkyl halides is 4. The summed E-state index contributed by atoms with van der Waals surface area (Å²) in [4.78, 5) is 0. The molecule has 0 amide bonds. The van der Waals surface area contributed by atoms with Crippen LogP contribution in [-0.2, 0) is 4.74 Å². The Kier molecular flexibility index (Phi) is 7.33. The molecule has 0 aromatic heterocycles. The summed E-state index contributed by atoms with van der Waals surface area (Å²) in [5.74, 6) is 0. The van der Waals surface area contributed by atoms with Gasteiger partial charge in [0.25, 0.3) is 6.36 Å². The lowest BCUT2D eigenvalue weighted by atomic mass is 10.7. The standard InChI is InChI=1S/C3H4F4O.C2F4/c1-8-2(4)3(5,6)7;3-1(4)2(5)6/h2H,1H3;. The average molecular weight is 232 g/mol. The highest BCUT2D eigenvalue weighted by molar-refractivity contribution is 4.77. The summed E-state index contributed by atoms with van der Waals surface area (Å²) in [6.45, 7) is 0. The van der Waals surface area contributed by atoms with Gasteiger partial charge in [0.05, 0.1) is 0 Å². The molecule has 0 saturated heterocycles. The number of hydrogen-bond donors (Lipinski definition) is 0. The van der Waals surface area contributed by atoms with Crippen LogP contribution >= 0.6 is 0 Å². The van der Waals surface area contributed by atoms with Crippen molar-refractivity contribution in [3.63, 3.8) is 0 Å². The molecule has 0 aliphatic rings. The van der Waals surface area contributed by atoms with Gasteiger partial charge in [-0.05, 0) is 0 Å². The average Bonchev–Trinajstić information content (AvgIpc) is 2.02. The molecule has 0 aliphatic heterocycles. The van der Waals surface area contributed by atoms with Crippen LogP contribution in [0.25, 0.3) is 0 Å². The van der Waals surface area contributed by atoms with E-state index in [9.17, 15) is 35.1 Å². The molecule has 0 aliphatic carbocycles. The van der Waals surface area contributed by atoms with Gasteiger partial charge in [-0.2, -0.15) is 30.7 Å². The summed E-state index contributed by atoms with van der Waals surface area (Å²) in [5, 5.41) is 0. The Morgan fingerprint density at radius 3 is 1.29 bits per heavy atom. The smallest absolute Gasteiger partial charge is 0.345 e. The molecule has 0 fully saturated rings. The third-order valence-corrected chi connectivity index (χ3v) is 0.607. The van der Waals surface area contributed by atoms with Crippen LogP contribution in [0.15, 0.2) is 12.2 Å². The summed E-state index contributed by atoms with van der Waals surface area (Å²) in [6.07, 6.45) is -13.8. The normalized spacial score (nSPS) is 12.6. The van der Waals surface area contributed by atoms with E-state index in [-0.39, 0.29) is 0 Å². The Morgan fingerprint density at radius 1 is 1.00 bits per heavy atom. The molecule has 0 aromatic carbocycles. The molecule has 1 nitrogen and oxygen atoms in total. The quantitative estimate of drug-likeness (QED) is 0.629. The summed E-state index contributed by atoms with van der Waals surface area (Å²) in [7, 11) is 0.651. The van der Waals surface area contributed by atoms with Gasteiger partial charge in [-0.3, -0.25) is 0 Å². The number of ether oxygens (including phenoxy) is 1. The molecule has 86 valence electrons. The Morgan fingerprint density at radius 2 is 1.29 bits per heavy atom. The zero-order valence-electron chi connectivity index (χ0n) is 6.51. The van der Waals surface area contributed by atoms with Crippen molar-refractivity contribution in [2.45, 2.75) is 12.5 Å². The van der Waals surface area contributed by atoms with Crippen molar-refractivity contribution in [1.82, 2.24) is 0 Å². The summed E-state index contributed by atoms with van der Waals surface area (Å²) < 4.78 is 88.6. The van der Waals surface area contributed by atoms with Crippen molar-refractivity contribution in [3.05, 3.63) is 12.2 Å². The maximum atomic E-state index is 11.3. The fraction of sp³-hybridized carbons (Fsp3) is 0.600. The molecule has 0 saturated carbocycles. The van der Waals surface area contributed by atoms with Gasteiger partial charge in [0.1, 0.15) is 0 Å². The Bertz CT molecular complexity index is 167. The molecule has 9 heteroatoms. The van der Waals surface area contributed by atoms with Crippen molar-refractivity contribution in [2.24, 2.45) is 0 Å². The van der Waals surface area contributed by atoms with Gasteiger partial charge in [-0.1, -0.05) is 0 Å². The highest BCUT2D eigenvalue weighted by Gasteiger charge is 2.40. The van der Waals surface area contributed by atoms with Gasteiger partial charge in [0, 0.05) is 7.11 Å². The first-order valence-electron chi connectivity index (χ1n) is 2.72. The lowest BCUT2D eigenvalue weighted by molar-refractivity contribution is -0.256. The third-order valence-electron chi connectivity index (χ3n) is 0.607. The van der Waals surface area contributed by atoms with E-state index in [0.29, 0.717) is 7.11 Å². The fourth-order valence-electron chi connectivity index (χ4n) is 0.134. The van der Waals surface area contributed by atoms with E-state index in [1.54, 1.807) is 0 Å². The molecule has 0 rings (SSSR count). The second-order valence-corrected chi connectivity index (χ2v) is 1.61. The summed E-state index contributed by atoms with van der Waals surface area (Å²) >= 11 is 0. The van der Waals surface area contributed by atoms with Crippen LogP contribution < -0.4 is 0 Å². The van der Waals surface area contributed by atoms with Crippen LogP contribution in [0.4, 0.5) is 35.1 Å². The number of hydrogen-bond acceptors (Lipinski definition) is 1. The largest absolute Gasteiger partial charge is 0.445 e. The Balaban J connectivity index is 0. The van der Waals surface area contributed by atoms with Gasteiger partial charge >= 0.3 is 18.3 Å². The van der Waals surface area contributed by atoms with Gasteiger partial charge in [0.15, 0.2) is 0 Å². The molecule has 1 atom stereocenters. The highest BCUT2D eigenvalue weighted by atomic mass is 19.4. The topological polar surface area (TPSA) is 9.23 Å². The molecule has 0 spiro atoms. The zero-order chi connectivity index (χ0) is 11.9. The minimum atomic E-state index is -4.88. The van der Waals surface area contributed by atoms with E-state index in [0.717, 1.165) is 0 Å². The van der Waals surface area contributed by atoms with Crippen LogP contribution in [0.2, 0.25) is 0 Å². The molecule has 14 heavy (non-hydrogen) atoms. The van der Waals surface area contributed by atoms with E-state index < -0.39 is 24.7 Å². The summed E-state index contributed by atoms with van der Waals surface area (Å²) in [5.41, 5.74) is 0. The van der Waals surface area contributed by atoms with Gasteiger partial charge < -0.3 is 4.74 Å². The fourth-order valence-corrected chi connectivity index (χ4v) is 0.134. The predicted molar refractivity (Wildman–Crippen MR) is 29.4 cm³/mol. The zero-order valence-corrected chi connectivity index (χ0v) is 6.51. The molecule has 0 heterocycles. The molecule has 0 bridgehead atoms. The molecular formula is C5H4F8O. The van der Waals surface area contributed by atoms with E-state index in [1.807, 2.05) is 0 Å². The van der Waals surface area contributed by atoms with Crippen molar-refractivity contribution >= 4 is 0 Å². The van der Waals surface area contributed by atoms with Crippen LogP contribution in [0.5, 0.6) is 0 Å². The Labute approximate surface area is 73.0 Å². The van der Waals surface area contributed by atoms with Crippen molar-refractivity contribution in [3.8, 4) is 0 Å². The molecule has 0 radical (unpaired) electrons. The lowest BCUT2D eigenvalue weighted by Crippen LogP contribution is -2.25. The van der Waals surface area contributed by atoms with E-state index in [1.165, 1.54) is 0 Å². The number of rotatable bonds is 1. The molecule has 0 N–H and O–H groups in total. The minimum absolute atomic E-state index is 0.651. The molecular weight excluding hydrogens is 228 g/mol. The molecule has 1 unspecified atom stereocenters. The molecule has 0 aromatic rings. The van der Waals surface area contributed by atoms with E-state index in [4.69, 9.17) is 0 Å². The van der Waals surface area contributed by atoms with Gasteiger partial charge in [0.2, 0.25) is 0 Å². The van der Waals surface area contributed by atoms with Crippen LogP contribution in [0.3, 0.4) is 0 Å². The van der Waals surface area contributed by atoms with Crippen LogP contribution in [0.1, 0.15) is 0 Å². The second kappa shape index (κ2) is 6.57. The third kappa shape index (κ3) is 9.23. The van der Waals surface area contributed by atoms with Crippen molar-refractivity contribution in [1.29, 1.82) is 0 Å². The maximum absolute atomic E-state index is 11.3. The van der Waals surface area contributed by atoms with Crippen LogP contribution in [0, 0.1) is 0 Å². The van der Waals surface area contributed by atoms with E-state index >= 15 is 0 Å².